The first-order chi connectivity index (χ1) is 24.7. The summed E-state index contributed by atoms with van der Waals surface area (Å²) in [7, 11) is 30.1. The highest BCUT2D eigenvalue weighted by atomic mass is 16.6. The molecule has 6 radical (unpaired) electrons. The van der Waals surface area contributed by atoms with Gasteiger partial charge >= 0.3 is 0 Å². The second kappa shape index (κ2) is 56.3. The predicted octanol–water partition coefficient (Wildman–Crippen LogP) is -0.604. The van der Waals surface area contributed by atoms with Crippen LogP contribution in [0.5, 0.6) is 0 Å². The molecule has 0 aliphatic rings. The third-order valence-electron chi connectivity index (χ3n) is 5.25. The fraction of sp³-hybridized carbons (Fsp3) is 1.00. The molecule has 0 saturated heterocycles. The first kappa shape index (κ1) is 59.8. The van der Waals surface area contributed by atoms with Gasteiger partial charge in [-0.2, -0.15) is 0 Å². The lowest BCUT2D eigenvalue weighted by molar-refractivity contribution is -0.0501. The van der Waals surface area contributed by atoms with E-state index in [1.165, 1.54) is 0 Å². The predicted molar refractivity (Wildman–Crippen MR) is 198 cm³/mol. The highest BCUT2D eigenvalue weighted by molar-refractivity contribution is 6.08. The van der Waals surface area contributed by atoms with Gasteiger partial charge < -0.3 is 76.9 Å². The van der Waals surface area contributed by atoms with Gasteiger partial charge in [0.2, 0.25) is 0 Å². The molecule has 0 rings (SSSR count). The van der Waals surface area contributed by atoms with Crippen LogP contribution < -0.4 is 0 Å². The normalized spacial score (nSPS) is 11.3. The second-order valence-corrected chi connectivity index (χ2v) is 10.00. The van der Waals surface area contributed by atoms with Crippen molar-refractivity contribution in [2.45, 2.75) is 49.5 Å². The third kappa shape index (κ3) is 56.5. The van der Waals surface area contributed by atoms with Gasteiger partial charge in [0.05, 0.1) is 103 Å². The number of hydrogen-bond donors (Lipinski definition) is 3. The molecule has 0 aromatic rings. The van der Waals surface area contributed by atoms with Crippen LogP contribution in [-0.4, -0.2) is 232 Å². The van der Waals surface area contributed by atoms with E-state index in [1.54, 1.807) is 64.0 Å². The number of aliphatic hydroxyl groups is 3. The van der Waals surface area contributed by atoms with Crippen molar-refractivity contribution in [3.8, 4) is 0 Å². The summed E-state index contributed by atoms with van der Waals surface area (Å²) in [4.78, 5) is 0. The number of aliphatic hydroxyl groups excluding tert-OH is 3. The molecule has 0 aromatic carbocycles. The van der Waals surface area contributed by atoms with Gasteiger partial charge in [0.1, 0.15) is 30.5 Å². The second-order valence-electron chi connectivity index (χ2n) is 10.00. The van der Waals surface area contributed by atoms with Crippen molar-refractivity contribution in [1.82, 2.24) is 0 Å². The minimum absolute atomic E-state index is 0.00792. The molecule has 19 heteroatoms. The number of ether oxygens (including phenoxy) is 13. The van der Waals surface area contributed by atoms with Gasteiger partial charge in [-0.1, -0.05) is 19.0 Å². The Hall–Kier alpha value is -0.445. The molecule has 0 amide bonds. The Balaban J connectivity index is -0.000000174. The average molecular weight is 744 g/mol. The van der Waals surface area contributed by atoms with Crippen LogP contribution in [0.15, 0.2) is 0 Å². The molecule has 0 aliphatic carbocycles. The summed E-state index contributed by atoms with van der Waals surface area (Å²) >= 11 is 0. The highest BCUT2D eigenvalue weighted by Crippen LogP contribution is 1.96. The molecule has 3 N–H and O–H groups in total. The fourth-order valence-electron chi connectivity index (χ4n) is 3.24. The molecular formula is C32H71B3O16. The molecule has 304 valence electrons. The minimum Gasteiger partial charge on any atom is -0.394 e. The molecule has 0 aromatic heterocycles. The fourth-order valence-corrected chi connectivity index (χ4v) is 3.24. The van der Waals surface area contributed by atoms with E-state index in [4.69, 9.17) is 91.0 Å². The Labute approximate surface area is 312 Å². The maximum absolute atomic E-state index is 8.80. The molecule has 0 unspecified atom stereocenters. The summed E-state index contributed by atoms with van der Waals surface area (Å²) in [6.45, 7) is 6.20. The van der Waals surface area contributed by atoms with Crippen molar-refractivity contribution in [2.24, 2.45) is 0 Å². The van der Waals surface area contributed by atoms with E-state index in [-0.39, 0.29) is 37.6 Å². The van der Waals surface area contributed by atoms with Gasteiger partial charge in [-0.05, 0) is 0 Å². The van der Waals surface area contributed by atoms with Gasteiger partial charge in [0, 0.05) is 83.8 Å². The Morgan fingerprint density at radius 3 is 0.824 bits per heavy atom. The van der Waals surface area contributed by atoms with E-state index in [0.29, 0.717) is 105 Å². The van der Waals surface area contributed by atoms with Gasteiger partial charge in [0.25, 0.3) is 0 Å². The monoisotopic (exact) mass is 745 g/mol. The molecule has 0 spiro atoms. The molecule has 16 nitrogen and oxygen atoms in total. The summed E-state index contributed by atoms with van der Waals surface area (Å²) in [6.07, 6.45) is 0.770. The van der Waals surface area contributed by atoms with Crippen LogP contribution >= 0.6 is 0 Å². The van der Waals surface area contributed by atoms with E-state index >= 15 is 0 Å². The largest absolute Gasteiger partial charge is 0.394 e. The Kier molecular flexibility index (Phi) is 66.0. The van der Waals surface area contributed by atoms with Crippen LogP contribution in [0.3, 0.4) is 0 Å². The van der Waals surface area contributed by atoms with Gasteiger partial charge in [-0.25, -0.2) is 0 Å². The van der Waals surface area contributed by atoms with Crippen LogP contribution in [0.4, 0.5) is 0 Å². The topological polar surface area (TPSA) is 181 Å². The van der Waals surface area contributed by atoms with Crippen molar-refractivity contribution in [1.29, 1.82) is 0 Å². The van der Waals surface area contributed by atoms with Crippen LogP contribution in [0.25, 0.3) is 0 Å². The minimum atomic E-state index is -0.481. The summed E-state index contributed by atoms with van der Waals surface area (Å²) in [5.41, 5.74) is 0. The van der Waals surface area contributed by atoms with E-state index < -0.39 is 6.10 Å². The molecule has 0 aliphatic heterocycles. The zero-order valence-electron chi connectivity index (χ0n) is 33.0. The number of hydrogen-bond acceptors (Lipinski definition) is 16. The van der Waals surface area contributed by atoms with Gasteiger partial charge in [-0.15, -0.1) is 0 Å². The maximum Gasteiger partial charge on any atom is 0.104 e. The Bertz CT molecular complexity index is 497. The molecular weight excluding hydrogens is 673 g/mol. The first-order valence-corrected chi connectivity index (χ1v) is 16.6. The van der Waals surface area contributed by atoms with Crippen LogP contribution in [0.1, 0.15) is 0 Å². The van der Waals surface area contributed by atoms with E-state index in [0.717, 1.165) is 0 Å². The smallest absolute Gasteiger partial charge is 0.104 e. The van der Waals surface area contributed by atoms with E-state index in [1.807, 2.05) is 0 Å². The summed E-state index contributed by atoms with van der Waals surface area (Å²) < 4.78 is 64.2. The van der Waals surface area contributed by atoms with Crippen LogP contribution in [0.2, 0.25) is 19.0 Å². The molecule has 0 fully saturated rings. The SMILES string of the molecule is COCC(COC)OCCO.COCC(O)COC.[B]CCOC(COC)COC.[B]CCOC(COC)COC.[B]CCO[C@@H](CO)COC. The lowest BCUT2D eigenvalue weighted by atomic mass is 10.1. The standard InChI is InChI=1S/2C7H15BO3.C7H16O4.C6H13BO3.C5H12O3/c3*1-9-5-7(6-10-2)11-4-3-8;1-9-5-6(4-8)10-3-2-7;1-7-3-5(6)4-8-2/h2*7H,3-6H2,1-2H3;7-8H,3-6H2,1-2H3;6,8H,2-5H2,1H3;5-6H,3-4H2,1-2H3/t;;;6-;/m...0./s1. The number of methoxy groups -OCH3 is 9. The van der Waals surface area contributed by atoms with Crippen molar-refractivity contribution in [3.05, 3.63) is 0 Å². The van der Waals surface area contributed by atoms with Crippen LogP contribution in [-0.2, 0) is 61.6 Å². The first-order valence-electron chi connectivity index (χ1n) is 16.6. The van der Waals surface area contributed by atoms with Crippen LogP contribution in [0, 0.1) is 0 Å². The quantitative estimate of drug-likeness (QED) is 0.0766. The average Bonchev–Trinajstić information content (AvgIpc) is 3.12. The molecule has 0 saturated carbocycles. The Morgan fingerprint density at radius 1 is 0.373 bits per heavy atom. The van der Waals surface area contributed by atoms with Crippen molar-refractivity contribution >= 4 is 23.5 Å². The highest BCUT2D eigenvalue weighted by Gasteiger charge is 2.08. The van der Waals surface area contributed by atoms with Crippen molar-refractivity contribution in [3.63, 3.8) is 0 Å². The maximum atomic E-state index is 8.80. The van der Waals surface area contributed by atoms with Crippen molar-refractivity contribution < 1.29 is 76.9 Å². The molecule has 1 atom stereocenters. The lowest BCUT2D eigenvalue weighted by Crippen LogP contribution is -2.25. The van der Waals surface area contributed by atoms with E-state index in [2.05, 4.69) is 9.47 Å². The van der Waals surface area contributed by atoms with Crippen molar-refractivity contribution in [2.75, 3.05) is 163 Å². The number of rotatable bonds is 31. The third-order valence-corrected chi connectivity index (χ3v) is 5.25. The van der Waals surface area contributed by atoms with Gasteiger partial charge in [-0.3, -0.25) is 0 Å². The molecule has 0 heterocycles. The summed E-state index contributed by atoms with van der Waals surface area (Å²) in [6, 6.07) is 0. The zero-order valence-corrected chi connectivity index (χ0v) is 33.0. The Morgan fingerprint density at radius 2 is 0.608 bits per heavy atom. The molecule has 51 heavy (non-hydrogen) atoms. The zero-order chi connectivity index (χ0) is 39.8. The van der Waals surface area contributed by atoms with E-state index in [9.17, 15) is 0 Å². The van der Waals surface area contributed by atoms with Gasteiger partial charge in [0.15, 0.2) is 0 Å². The summed E-state index contributed by atoms with van der Waals surface area (Å²) in [5, 5.41) is 25.9. The summed E-state index contributed by atoms with van der Waals surface area (Å²) in [5.74, 6) is 0. The molecule has 0 bridgehead atoms. The lowest BCUT2D eigenvalue weighted by Gasteiger charge is -2.15.